The number of nitrogens with zero attached hydrogens (tertiary/aromatic N) is 2. The predicted octanol–water partition coefficient (Wildman–Crippen LogP) is 3.52. The minimum Gasteiger partial charge on any atom is -0.503 e. The van der Waals surface area contributed by atoms with Crippen LogP contribution in [0.25, 0.3) is 0 Å². The summed E-state index contributed by atoms with van der Waals surface area (Å²) in [6.07, 6.45) is 5.35. The van der Waals surface area contributed by atoms with Crippen molar-refractivity contribution in [3.63, 3.8) is 0 Å². The minimum atomic E-state index is -0.693. The molecule has 1 unspecified atom stereocenters. The highest BCUT2D eigenvalue weighted by molar-refractivity contribution is 6.15. The Hall–Kier alpha value is -3.32. The monoisotopic (exact) mass is 422 g/mol. The van der Waals surface area contributed by atoms with Crippen molar-refractivity contribution >= 4 is 11.7 Å². The number of ether oxygens (including phenoxy) is 1. The molecule has 0 bridgehead atoms. The molecule has 7 heteroatoms. The summed E-state index contributed by atoms with van der Waals surface area (Å²) >= 11 is 0. The van der Waals surface area contributed by atoms with Gasteiger partial charge in [-0.05, 0) is 55.8 Å². The minimum absolute atomic E-state index is 0.0427. The molecule has 1 fully saturated rings. The molecule has 162 valence electrons. The van der Waals surface area contributed by atoms with E-state index in [1.807, 2.05) is 12.1 Å². The van der Waals surface area contributed by atoms with Gasteiger partial charge in [0.25, 0.3) is 5.91 Å². The maximum absolute atomic E-state index is 13.1. The summed E-state index contributed by atoms with van der Waals surface area (Å²) in [5, 5.41) is 10.7. The maximum Gasteiger partial charge on any atom is 0.290 e. The van der Waals surface area contributed by atoms with Gasteiger partial charge < -0.3 is 24.1 Å². The Morgan fingerprint density at radius 2 is 1.94 bits per heavy atom. The van der Waals surface area contributed by atoms with Crippen LogP contribution < -0.4 is 4.74 Å². The Kier molecular flexibility index (Phi) is 6.23. The topological polar surface area (TPSA) is 83.2 Å². The van der Waals surface area contributed by atoms with Crippen LogP contribution in [0.4, 0.5) is 0 Å². The fourth-order valence-electron chi connectivity index (χ4n) is 4.16. The van der Waals surface area contributed by atoms with E-state index in [9.17, 15) is 14.7 Å². The summed E-state index contributed by atoms with van der Waals surface area (Å²) in [4.78, 5) is 30.0. The second kappa shape index (κ2) is 9.22. The van der Waals surface area contributed by atoms with Gasteiger partial charge in [0, 0.05) is 13.1 Å². The number of hydrogen-bond acceptors (Lipinski definition) is 6. The van der Waals surface area contributed by atoms with Crippen LogP contribution in [0.5, 0.6) is 5.75 Å². The van der Waals surface area contributed by atoms with Crippen LogP contribution in [0.3, 0.4) is 0 Å². The van der Waals surface area contributed by atoms with Crippen molar-refractivity contribution in [3.8, 4) is 5.75 Å². The number of aliphatic hydroxyl groups is 1. The van der Waals surface area contributed by atoms with Crippen LogP contribution in [-0.4, -0.2) is 59.4 Å². The van der Waals surface area contributed by atoms with E-state index >= 15 is 0 Å². The van der Waals surface area contributed by atoms with E-state index in [0.717, 1.165) is 31.5 Å². The number of Topliss-reactive ketones (excluding diaryl/α,β-unsaturated/α-hetero) is 1. The molecule has 1 amide bonds. The highest BCUT2D eigenvalue weighted by Gasteiger charge is 2.44. The van der Waals surface area contributed by atoms with E-state index in [4.69, 9.17) is 9.15 Å². The van der Waals surface area contributed by atoms with E-state index < -0.39 is 23.5 Å². The quantitative estimate of drug-likeness (QED) is 0.492. The summed E-state index contributed by atoms with van der Waals surface area (Å²) < 4.78 is 10.8. The molecule has 1 aromatic heterocycles. The lowest BCUT2D eigenvalue weighted by Crippen LogP contribution is -2.37. The van der Waals surface area contributed by atoms with Gasteiger partial charge in [-0.25, -0.2) is 0 Å². The van der Waals surface area contributed by atoms with Gasteiger partial charge in [-0.2, -0.15) is 0 Å². The molecule has 0 spiro atoms. The third-order valence-electron chi connectivity index (χ3n) is 5.71. The van der Waals surface area contributed by atoms with Gasteiger partial charge in [0.2, 0.25) is 5.78 Å². The number of likely N-dealkylation sites (tertiary alicyclic amines) is 1. The zero-order valence-electron chi connectivity index (χ0n) is 17.3. The molecule has 7 nitrogen and oxygen atoms in total. The number of amides is 1. The van der Waals surface area contributed by atoms with Crippen LogP contribution in [-0.2, 0) is 4.79 Å². The van der Waals surface area contributed by atoms with Gasteiger partial charge >= 0.3 is 0 Å². The first-order chi connectivity index (χ1) is 15.1. The average molecular weight is 422 g/mol. The first-order valence-corrected chi connectivity index (χ1v) is 10.5. The van der Waals surface area contributed by atoms with Gasteiger partial charge in [-0.3, -0.25) is 9.59 Å². The highest BCUT2D eigenvalue weighted by Crippen LogP contribution is 2.39. The second-order valence-electron chi connectivity index (χ2n) is 7.69. The maximum atomic E-state index is 13.1. The summed E-state index contributed by atoms with van der Waals surface area (Å²) in [6.45, 7) is 7.12. The Labute approximate surface area is 181 Å². The molecular formula is C24H26N2O5. The Balaban J connectivity index is 1.65. The molecule has 31 heavy (non-hydrogen) atoms. The van der Waals surface area contributed by atoms with Crippen molar-refractivity contribution in [1.82, 2.24) is 9.80 Å². The fourth-order valence-corrected chi connectivity index (χ4v) is 4.16. The molecule has 2 aliphatic heterocycles. The molecule has 2 aliphatic rings. The van der Waals surface area contributed by atoms with Crippen molar-refractivity contribution < 1.29 is 23.8 Å². The molecule has 1 atom stereocenters. The van der Waals surface area contributed by atoms with E-state index in [1.165, 1.54) is 12.3 Å². The molecule has 3 heterocycles. The first-order valence-electron chi connectivity index (χ1n) is 10.5. The molecule has 1 N–H and O–H groups in total. The van der Waals surface area contributed by atoms with Crippen LogP contribution in [0.2, 0.25) is 0 Å². The number of rotatable bonds is 9. The van der Waals surface area contributed by atoms with Crippen LogP contribution >= 0.6 is 0 Å². The van der Waals surface area contributed by atoms with E-state index in [-0.39, 0.29) is 11.3 Å². The lowest BCUT2D eigenvalue weighted by atomic mass is 9.95. The van der Waals surface area contributed by atoms with Crippen molar-refractivity contribution in [2.75, 3.05) is 32.8 Å². The molecule has 1 aromatic carbocycles. The third-order valence-corrected chi connectivity index (χ3v) is 5.71. The number of ketones is 1. The number of aliphatic hydroxyl groups excluding tert-OH is 1. The Morgan fingerprint density at radius 3 is 2.58 bits per heavy atom. The van der Waals surface area contributed by atoms with Crippen molar-refractivity contribution in [1.29, 1.82) is 0 Å². The first kappa shape index (κ1) is 20.9. The fraction of sp³-hybridized carbons (Fsp3) is 0.333. The van der Waals surface area contributed by atoms with Crippen LogP contribution in [0.15, 0.2) is 71.1 Å². The Morgan fingerprint density at radius 1 is 1.19 bits per heavy atom. The average Bonchev–Trinajstić information content (AvgIpc) is 3.54. The van der Waals surface area contributed by atoms with E-state index in [2.05, 4.69) is 11.5 Å². The van der Waals surface area contributed by atoms with E-state index in [0.29, 0.717) is 25.4 Å². The van der Waals surface area contributed by atoms with Gasteiger partial charge in [-0.1, -0.05) is 24.8 Å². The molecule has 0 radical (unpaired) electrons. The zero-order chi connectivity index (χ0) is 21.8. The zero-order valence-corrected chi connectivity index (χ0v) is 17.3. The second-order valence-corrected chi connectivity index (χ2v) is 7.69. The van der Waals surface area contributed by atoms with Crippen molar-refractivity contribution in [3.05, 3.63) is 78.0 Å². The normalized spacial score (nSPS) is 19.3. The third kappa shape index (κ3) is 4.27. The number of carbonyl (C=O) groups is 2. The number of furan rings is 1. The van der Waals surface area contributed by atoms with Gasteiger partial charge in [0.1, 0.15) is 12.4 Å². The number of benzene rings is 1. The SMILES string of the molecule is C=CCOc1ccc(C2C(C(=O)c3ccco3)=C(O)C(=O)N2CCN2CCCC2)cc1. The van der Waals surface area contributed by atoms with Crippen molar-refractivity contribution in [2.45, 2.75) is 18.9 Å². The molecule has 0 aliphatic carbocycles. The lowest BCUT2D eigenvalue weighted by Gasteiger charge is -2.28. The lowest BCUT2D eigenvalue weighted by molar-refractivity contribution is -0.129. The molecule has 1 saturated heterocycles. The molecular weight excluding hydrogens is 396 g/mol. The van der Waals surface area contributed by atoms with Gasteiger partial charge in [-0.15, -0.1) is 0 Å². The smallest absolute Gasteiger partial charge is 0.290 e. The summed E-state index contributed by atoms with van der Waals surface area (Å²) in [5.41, 5.74) is 0.765. The summed E-state index contributed by atoms with van der Waals surface area (Å²) in [7, 11) is 0. The van der Waals surface area contributed by atoms with Crippen LogP contribution in [0, 0.1) is 0 Å². The highest BCUT2D eigenvalue weighted by atomic mass is 16.5. The van der Waals surface area contributed by atoms with E-state index in [1.54, 1.807) is 29.2 Å². The van der Waals surface area contributed by atoms with Gasteiger partial charge in [0.15, 0.2) is 11.5 Å². The predicted molar refractivity (Wildman–Crippen MR) is 115 cm³/mol. The van der Waals surface area contributed by atoms with Crippen molar-refractivity contribution in [2.24, 2.45) is 0 Å². The summed E-state index contributed by atoms with van der Waals surface area (Å²) in [5.74, 6) is -0.794. The van der Waals surface area contributed by atoms with Crippen LogP contribution in [0.1, 0.15) is 35.0 Å². The largest absolute Gasteiger partial charge is 0.503 e. The van der Waals surface area contributed by atoms with Gasteiger partial charge in [0.05, 0.1) is 17.9 Å². The Bertz CT molecular complexity index is 972. The number of hydrogen-bond donors (Lipinski definition) is 1. The molecule has 0 saturated carbocycles. The molecule has 4 rings (SSSR count). The summed E-state index contributed by atoms with van der Waals surface area (Å²) in [6, 6.07) is 9.64. The number of carbonyl (C=O) groups excluding carboxylic acids is 2. The standard InChI is InChI=1S/C24H26N2O5/c1-2-15-30-18-9-7-17(8-10-18)21-20(22(27)19-6-5-16-31-19)23(28)24(29)26(21)14-13-25-11-3-4-12-25/h2,5-10,16,21,28H,1,3-4,11-15H2. The molecule has 2 aromatic rings.